The number of hydrogen-bond donors (Lipinski definition) is 0. The predicted octanol–water partition coefficient (Wildman–Crippen LogP) is 6.59. The average Bonchev–Trinajstić information content (AvgIpc) is 2.66. The van der Waals surface area contributed by atoms with Crippen molar-refractivity contribution in [2.75, 3.05) is 0 Å². The Morgan fingerprint density at radius 1 is 0.655 bits per heavy atom. The van der Waals surface area contributed by atoms with Gasteiger partial charge in [-0.05, 0) is 76.9 Å². The molecule has 0 N–H and O–H groups in total. The van der Waals surface area contributed by atoms with Crippen molar-refractivity contribution in [2.45, 2.75) is 41.5 Å². The SMILES string of the molecule is CC(=Nc1ccc(C)cc1C)c1cccc(C(C)=Nc2ccc(C)cc2C)n1.[Co]. The number of benzene rings is 2. The van der Waals surface area contributed by atoms with Gasteiger partial charge in [0.1, 0.15) is 0 Å². The van der Waals surface area contributed by atoms with Crippen LogP contribution in [0.3, 0.4) is 0 Å². The fourth-order valence-corrected chi connectivity index (χ4v) is 3.18. The summed E-state index contributed by atoms with van der Waals surface area (Å²) < 4.78 is 0. The number of aromatic nitrogens is 1. The molecule has 0 amide bonds. The Bertz CT molecular complexity index is 998. The summed E-state index contributed by atoms with van der Waals surface area (Å²) in [7, 11) is 0. The largest absolute Gasteiger partial charge is 0.251 e. The Kier molecular flexibility index (Phi) is 7.65. The molecule has 0 fully saturated rings. The van der Waals surface area contributed by atoms with Gasteiger partial charge in [0, 0.05) is 16.8 Å². The molecule has 1 aromatic heterocycles. The molecule has 4 heteroatoms. The summed E-state index contributed by atoms with van der Waals surface area (Å²) in [5.74, 6) is 0. The first-order valence-corrected chi connectivity index (χ1v) is 9.56. The minimum Gasteiger partial charge on any atom is -0.251 e. The molecule has 0 saturated heterocycles. The van der Waals surface area contributed by atoms with Crippen LogP contribution in [0.15, 0.2) is 64.6 Å². The van der Waals surface area contributed by atoms with Crippen LogP contribution in [-0.4, -0.2) is 16.4 Å². The second-order valence-electron chi connectivity index (χ2n) is 7.38. The van der Waals surface area contributed by atoms with Crippen molar-refractivity contribution in [1.29, 1.82) is 0 Å². The van der Waals surface area contributed by atoms with E-state index in [4.69, 9.17) is 15.0 Å². The fourth-order valence-electron chi connectivity index (χ4n) is 3.18. The van der Waals surface area contributed by atoms with Crippen molar-refractivity contribution >= 4 is 22.8 Å². The molecule has 0 aliphatic heterocycles. The van der Waals surface area contributed by atoms with Crippen molar-refractivity contribution in [3.05, 3.63) is 88.2 Å². The zero-order chi connectivity index (χ0) is 20.3. The van der Waals surface area contributed by atoms with Crippen LogP contribution in [0.5, 0.6) is 0 Å². The summed E-state index contributed by atoms with van der Waals surface area (Å²) in [6.07, 6.45) is 0. The molecule has 1 radical (unpaired) electrons. The first kappa shape index (κ1) is 22.7. The van der Waals surface area contributed by atoms with Gasteiger partial charge in [0.05, 0.1) is 34.2 Å². The molecule has 0 spiro atoms. The molecular formula is C25H27CoN3. The van der Waals surface area contributed by atoms with E-state index in [-0.39, 0.29) is 16.8 Å². The van der Waals surface area contributed by atoms with E-state index in [2.05, 4.69) is 64.1 Å². The van der Waals surface area contributed by atoms with Crippen molar-refractivity contribution in [3.8, 4) is 0 Å². The van der Waals surface area contributed by atoms with Crippen molar-refractivity contribution in [3.63, 3.8) is 0 Å². The van der Waals surface area contributed by atoms with Crippen LogP contribution >= 0.6 is 0 Å². The Morgan fingerprint density at radius 2 is 1.07 bits per heavy atom. The fraction of sp³-hybridized carbons (Fsp3) is 0.240. The number of pyridine rings is 1. The van der Waals surface area contributed by atoms with Crippen LogP contribution in [0.1, 0.15) is 47.5 Å². The Balaban J connectivity index is 0.00000300. The summed E-state index contributed by atoms with van der Waals surface area (Å²) >= 11 is 0. The molecule has 3 aromatic rings. The molecule has 0 bridgehead atoms. The maximum absolute atomic E-state index is 4.80. The predicted molar refractivity (Wildman–Crippen MR) is 120 cm³/mol. The third-order valence-corrected chi connectivity index (χ3v) is 4.77. The minimum atomic E-state index is 0. The van der Waals surface area contributed by atoms with Crippen LogP contribution in [-0.2, 0) is 16.8 Å². The maximum atomic E-state index is 4.80. The molecule has 0 aliphatic carbocycles. The van der Waals surface area contributed by atoms with Crippen molar-refractivity contribution in [2.24, 2.45) is 9.98 Å². The molecule has 1 heterocycles. The zero-order valence-corrected chi connectivity index (χ0v) is 18.9. The second-order valence-corrected chi connectivity index (χ2v) is 7.38. The molecule has 0 atom stereocenters. The van der Waals surface area contributed by atoms with Gasteiger partial charge in [0.25, 0.3) is 0 Å². The van der Waals surface area contributed by atoms with Crippen LogP contribution in [0, 0.1) is 27.7 Å². The Morgan fingerprint density at radius 3 is 1.45 bits per heavy atom. The second kappa shape index (κ2) is 9.77. The number of hydrogen-bond acceptors (Lipinski definition) is 3. The number of aliphatic imine (C=N–C) groups is 2. The summed E-state index contributed by atoms with van der Waals surface area (Å²) in [5.41, 5.74) is 10.3. The molecular weight excluding hydrogens is 401 g/mol. The van der Waals surface area contributed by atoms with Crippen molar-refractivity contribution < 1.29 is 16.8 Å². The monoisotopic (exact) mass is 428 g/mol. The first-order valence-electron chi connectivity index (χ1n) is 9.56. The molecule has 29 heavy (non-hydrogen) atoms. The van der Waals surface area contributed by atoms with Gasteiger partial charge < -0.3 is 0 Å². The third kappa shape index (κ3) is 5.72. The molecule has 151 valence electrons. The van der Waals surface area contributed by atoms with E-state index in [0.29, 0.717) is 0 Å². The van der Waals surface area contributed by atoms with E-state index in [1.807, 2.05) is 32.0 Å². The molecule has 3 rings (SSSR count). The van der Waals surface area contributed by atoms with Gasteiger partial charge in [-0.25, -0.2) is 4.98 Å². The standard InChI is InChI=1S/C25H27N3.Co/c1-16-10-12-22(18(3)14-16)26-20(5)24-8-7-9-25(28-24)21(6)27-23-13-11-17(2)15-19(23)4;/h7-15H,1-6H3;. The third-order valence-electron chi connectivity index (χ3n) is 4.77. The van der Waals surface area contributed by atoms with Crippen LogP contribution in [0.2, 0.25) is 0 Å². The quantitative estimate of drug-likeness (QED) is 0.432. The van der Waals surface area contributed by atoms with Crippen LogP contribution in [0.25, 0.3) is 0 Å². The normalized spacial score (nSPS) is 11.9. The zero-order valence-electron chi connectivity index (χ0n) is 17.9. The smallest absolute Gasteiger partial charge is 0.0849 e. The molecule has 0 unspecified atom stereocenters. The molecule has 0 aliphatic rings. The van der Waals surface area contributed by atoms with Gasteiger partial charge in [-0.1, -0.05) is 41.5 Å². The average molecular weight is 428 g/mol. The van der Waals surface area contributed by atoms with Gasteiger partial charge >= 0.3 is 0 Å². The van der Waals surface area contributed by atoms with Gasteiger partial charge in [0.2, 0.25) is 0 Å². The number of nitrogens with zero attached hydrogens (tertiary/aromatic N) is 3. The molecule has 3 nitrogen and oxygen atoms in total. The van der Waals surface area contributed by atoms with E-state index < -0.39 is 0 Å². The van der Waals surface area contributed by atoms with E-state index >= 15 is 0 Å². The van der Waals surface area contributed by atoms with Gasteiger partial charge in [0.15, 0.2) is 0 Å². The minimum absolute atomic E-state index is 0. The van der Waals surface area contributed by atoms with Gasteiger partial charge in [-0.3, -0.25) is 9.98 Å². The Labute approximate surface area is 184 Å². The Hall–Kier alpha value is -2.56. The summed E-state index contributed by atoms with van der Waals surface area (Å²) in [4.78, 5) is 14.4. The first-order chi connectivity index (χ1) is 13.3. The van der Waals surface area contributed by atoms with E-state index in [1.54, 1.807) is 0 Å². The van der Waals surface area contributed by atoms with Crippen molar-refractivity contribution in [1.82, 2.24) is 4.98 Å². The molecule has 2 aromatic carbocycles. The topological polar surface area (TPSA) is 37.6 Å². The van der Waals surface area contributed by atoms with Gasteiger partial charge in [-0.15, -0.1) is 0 Å². The number of aryl methyl sites for hydroxylation is 4. The van der Waals surface area contributed by atoms with Crippen LogP contribution in [0.4, 0.5) is 11.4 Å². The van der Waals surface area contributed by atoms with Crippen LogP contribution < -0.4 is 0 Å². The van der Waals surface area contributed by atoms with E-state index in [9.17, 15) is 0 Å². The van der Waals surface area contributed by atoms with Gasteiger partial charge in [-0.2, -0.15) is 0 Å². The summed E-state index contributed by atoms with van der Waals surface area (Å²) in [6.45, 7) is 12.4. The molecule has 0 saturated carbocycles. The maximum Gasteiger partial charge on any atom is 0.0849 e. The summed E-state index contributed by atoms with van der Waals surface area (Å²) in [6, 6.07) is 18.6. The number of rotatable bonds is 4. The van der Waals surface area contributed by atoms with E-state index in [0.717, 1.165) is 34.2 Å². The summed E-state index contributed by atoms with van der Waals surface area (Å²) in [5, 5.41) is 0. The van der Waals surface area contributed by atoms with E-state index in [1.165, 1.54) is 22.3 Å².